The molecule has 4 nitrogen and oxygen atoms in total. The van der Waals surface area contributed by atoms with E-state index in [9.17, 15) is 17.2 Å². The van der Waals surface area contributed by atoms with Crippen LogP contribution in [0.4, 0.5) is 8.78 Å². The number of rotatable bonds is 8. The molecule has 0 radical (unpaired) electrons. The summed E-state index contributed by atoms with van der Waals surface area (Å²) in [6, 6.07) is 0. The van der Waals surface area contributed by atoms with Crippen molar-refractivity contribution in [3.05, 3.63) is 0 Å². The van der Waals surface area contributed by atoms with Crippen LogP contribution in [0, 0.1) is 0 Å². The molecule has 0 spiro atoms. The zero-order valence-corrected chi connectivity index (χ0v) is 9.78. The molecule has 0 aromatic rings. The highest BCUT2D eigenvalue weighted by atomic mass is 35.7. The summed E-state index contributed by atoms with van der Waals surface area (Å²) in [4.78, 5) is 0. The molecule has 0 saturated heterocycles. The van der Waals surface area contributed by atoms with Gasteiger partial charge in [0, 0.05) is 17.6 Å². The fourth-order valence-electron chi connectivity index (χ4n) is 0.630. The summed E-state index contributed by atoms with van der Waals surface area (Å²) in [5.41, 5.74) is 0. The average molecular weight is 267 g/mol. The molecule has 0 fully saturated rings. The molecule has 0 rings (SSSR count). The van der Waals surface area contributed by atoms with Crippen molar-refractivity contribution in [1.29, 1.82) is 0 Å². The minimum Gasteiger partial charge on any atom is -0.378 e. The molecule has 15 heavy (non-hydrogen) atoms. The molecule has 0 N–H and O–H groups in total. The van der Waals surface area contributed by atoms with Gasteiger partial charge in [-0.05, 0) is 0 Å². The number of hydrogen-bond donors (Lipinski definition) is 0. The number of alkyl halides is 2. The van der Waals surface area contributed by atoms with Gasteiger partial charge in [0.05, 0.1) is 25.6 Å². The Bertz CT molecular complexity index is 263. The van der Waals surface area contributed by atoms with Crippen molar-refractivity contribution in [3.63, 3.8) is 0 Å². The highest BCUT2D eigenvalue weighted by molar-refractivity contribution is 8.13. The first kappa shape index (κ1) is 15.0. The SMILES string of the molecule is CC(F)(F)COCCOCCS(=O)(=O)Cl. The largest absolute Gasteiger partial charge is 0.378 e. The van der Waals surface area contributed by atoms with Gasteiger partial charge in [0.2, 0.25) is 9.05 Å². The van der Waals surface area contributed by atoms with Crippen molar-refractivity contribution < 1.29 is 26.7 Å². The molecular weight excluding hydrogens is 254 g/mol. The summed E-state index contributed by atoms with van der Waals surface area (Å²) in [6.45, 7) is 0.0457. The van der Waals surface area contributed by atoms with E-state index in [0.29, 0.717) is 0 Å². The standard InChI is InChI=1S/C7H13ClF2O4S/c1-7(9,10)6-14-3-2-13-4-5-15(8,11)12/h2-6H2,1H3. The molecule has 0 aromatic heterocycles. The Labute approximate surface area is 91.9 Å². The third-order valence-corrected chi connectivity index (χ3v) is 2.32. The molecule has 92 valence electrons. The van der Waals surface area contributed by atoms with Crippen LogP contribution in [0.15, 0.2) is 0 Å². The Kier molecular flexibility index (Phi) is 6.58. The Hall–Kier alpha value is 0.0200. The van der Waals surface area contributed by atoms with E-state index in [0.717, 1.165) is 6.92 Å². The van der Waals surface area contributed by atoms with Crippen molar-refractivity contribution in [2.45, 2.75) is 12.8 Å². The van der Waals surface area contributed by atoms with E-state index < -0.39 is 21.6 Å². The van der Waals surface area contributed by atoms with Gasteiger partial charge < -0.3 is 9.47 Å². The molecule has 0 aliphatic heterocycles. The quantitative estimate of drug-likeness (QED) is 0.490. The molecule has 0 aliphatic carbocycles. The van der Waals surface area contributed by atoms with Crippen molar-refractivity contribution in [3.8, 4) is 0 Å². The minimum atomic E-state index is -3.55. The molecule has 0 saturated carbocycles. The Morgan fingerprint density at radius 3 is 2.20 bits per heavy atom. The third-order valence-electron chi connectivity index (χ3n) is 1.20. The predicted octanol–water partition coefficient (Wildman–Crippen LogP) is 1.24. The van der Waals surface area contributed by atoms with Gasteiger partial charge in [-0.25, -0.2) is 17.2 Å². The van der Waals surface area contributed by atoms with Gasteiger partial charge in [0.1, 0.15) is 6.61 Å². The normalized spacial score (nSPS) is 13.1. The van der Waals surface area contributed by atoms with Crippen LogP contribution in [0.3, 0.4) is 0 Å². The summed E-state index contributed by atoms with van der Waals surface area (Å²) in [7, 11) is 1.34. The van der Waals surface area contributed by atoms with Gasteiger partial charge in [-0.2, -0.15) is 0 Å². The highest BCUT2D eigenvalue weighted by Crippen LogP contribution is 2.10. The third kappa shape index (κ3) is 14.0. The zero-order chi connectivity index (χ0) is 11.9. The second kappa shape index (κ2) is 6.57. The predicted molar refractivity (Wildman–Crippen MR) is 51.9 cm³/mol. The van der Waals surface area contributed by atoms with Crippen molar-refractivity contribution in [2.75, 3.05) is 32.2 Å². The first-order chi connectivity index (χ1) is 6.71. The first-order valence-corrected chi connectivity index (χ1v) is 6.64. The van der Waals surface area contributed by atoms with Gasteiger partial charge in [-0.1, -0.05) is 0 Å². The van der Waals surface area contributed by atoms with Gasteiger partial charge in [0.15, 0.2) is 0 Å². The fraction of sp³-hybridized carbons (Fsp3) is 1.00. The van der Waals surface area contributed by atoms with Crippen LogP contribution in [-0.4, -0.2) is 46.5 Å². The van der Waals surface area contributed by atoms with Crippen LogP contribution in [0.5, 0.6) is 0 Å². The maximum atomic E-state index is 12.2. The van der Waals surface area contributed by atoms with Crippen LogP contribution in [-0.2, 0) is 18.5 Å². The second-order valence-corrected chi connectivity index (χ2v) is 5.87. The van der Waals surface area contributed by atoms with Crippen molar-refractivity contribution in [2.24, 2.45) is 0 Å². The van der Waals surface area contributed by atoms with Gasteiger partial charge >= 0.3 is 0 Å². The van der Waals surface area contributed by atoms with E-state index in [2.05, 4.69) is 4.74 Å². The molecule has 0 heterocycles. The van der Waals surface area contributed by atoms with Crippen LogP contribution >= 0.6 is 10.7 Å². The van der Waals surface area contributed by atoms with E-state index in [1.807, 2.05) is 0 Å². The van der Waals surface area contributed by atoms with Gasteiger partial charge in [-0.15, -0.1) is 0 Å². The van der Waals surface area contributed by atoms with E-state index in [-0.39, 0.29) is 25.6 Å². The summed E-state index contributed by atoms with van der Waals surface area (Å²) < 4.78 is 54.6. The highest BCUT2D eigenvalue weighted by Gasteiger charge is 2.20. The molecule has 0 unspecified atom stereocenters. The van der Waals surface area contributed by atoms with E-state index in [1.165, 1.54) is 0 Å². The Morgan fingerprint density at radius 2 is 1.73 bits per heavy atom. The molecule has 0 bridgehead atoms. The van der Waals surface area contributed by atoms with Gasteiger partial charge in [-0.3, -0.25) is 0 Å². The zero-order valence-electron chi connectivity index (χ0n) is 8.21. The molecule has 0 aromatic carbocycles. The number of hydrogen-bond acceptors (Lipinski definition) is 4. The number of ether oxygens (including phenoxy) is 2. The van der Waals surface area contributed by atoms with Crippen LogP contribution in [0.1, 0.15) is 6.92 Å². The summed E-state index contributed by atoms with van der Waals surface area (Å²) in [5.74, 6) is -3.17. The van der Waals surface area contributed by atoms with Crippen molar-refractivity contribution in [1.82, 2.24) is 0 Å². The lowest BCUT2D eigenvalue weighted by molar-refractivity contribution is -0.0717. The van der Waals surface area contributed by atoms with E-state index >= 15 is 0 Å². The van der Waals surface area contributed by atoms with Crippen LogP contribution in [0.2, 0.25) is 0 Å². The lowest BCUT2D eigenvalue weighted by Crippen LogP contribution is -2.20. The van der Waals surface area contributed by atoms with Crippen molar-refractivity contribution >= 4 is 19.7 Å². The smallest absolute Gasteiger partial charge is 0.268 e. The topological polar surface area (TPSA) is 52.6 Å². The molecule has 0 aliphatic rings. The molecule has 0 amide bonds. The molecule has 8 heteroatoms. The summed E-state index contributed by atoms with van der Waals surface area (Å²) in [6.07, 6.45) is 0. The minimum absolute atomic E-state index is 0.00817. The fourth-order valence-corrected chi connectivity index (χ4v) is 1.14. The first-order valence-electron chi connectivity index (χ1n) is 4.16. The lowest BCUT2D eigenvalue weighted by atomic mass is 10.4. The van der Waals surface area contributed by atoms with E-state index in [4.69, 9.17) is 15.4 Å². The maximum absolute atomic E-state index is 12.2. The Balaban J connectivity index is 3.27. The molecule has 0 atom stereocenters. The monoisotopic (exact) mass is 266 g/mol. The van der Waals surface area contributed by atoms with Crippen LogP contribution in [0.25, 0.3) is 0 Å². The lowest BCUT2D eigenvalue weighted by Gasteiger charge is -2.10. The molecular formula is C7H13ClF2O4S. The van der Waals surface area contributed by atoms with E-state index in [1.54, 1.807) is 0 Å². The summed E-state index contributed by atoms with van der Waals surface area (Å²) in [5, 5.41) is 0. The number of halogens is 3. The Morgan fingerprint density at radius 1 is 1.20 bits per heavy atom. The summed E-state index contributed by atoms with van der Waals surface area (Å²) >= 11 is 0. The van der Waals surface area contributed by atoms with Gasteiger partial charge in [0.25, 0.3) is 5.92 Å². The second-order valence-electron chi connectivity index (χ2n) is 2.98. The van der Waals surface area contributed by atoms with Crippen LogP contribution < -0.4 is 0 Å². The average Bonchev–Trinajstić information content (AvgIpc) is 1.98. The maximum Gasteiger partial charge on any atom is 0.268 e.